The average molecular weight is 476 g/mol. The Morgan fingerprint density at radius 1 is 1.09 bits per heavy atom. The van der Waals surface area contributed by atoms with Gasteiger partial charge in [0.1, 0.15) is 17.4 Å². The second-order valence-electron chi connectivity index (χ2n) is 8.78. The lowest BCUT2D eigenvalue weighted by Crippen LogP contribution is -2.42. The molecule has 0 bridgehead atoms. The first-order valence-corrected chi connectivity index (χ1v) is 11.6. The van der Waals surface area contributed by atoms with E-state index >= 15 is 0 Å². The summed E-state index contributed by atoms with van der Waals surface area (Å²) in [6.07, 6.45) is 2.39. The highest BCUT2D eigenvalue weighted by Crippen LogP contribution is 2.27. The van der Waals surface area contributed by atoms with E-state index in [1.165, 1.54) is 0 Å². The van der Waals surface area contributed by atoms with E-state index in [9.17, 15) is 19.8 Å². The molecule has 3 aromatic rings. The molecule has 2 amide bonds. The number of phenols is 1. The number of rotatable bonds is 7. The van der Waals surface area contributed by atoms with Crippen molar-refractivity contribution in [1.82, 2.24) is 9.88 Å². The summed E-state index contributed by atoms with van der Waals surface area (Å²) in [4.78, 5) is 30.9. The Balaban J connectivity index is 1.38. The summed E-state index contributed by atoms with van der Waals surface area (Å²) in [6, 6.07) is 15.7. The van der Waals surface area contributed by atoms with Crippen LogP contribution in [0.1, 0.15) is 47.4 Å². The number of amides is 2. The SMILES string of the molecule is C[C@H](O)c1ccc(-c2cnc(OC3CCN(C(=O)Cc4ccc(O)cc4)CC3)c(C(N)=O)c2)cc1. The first-order valence-electron chi connectivity index (χ1n) is 11.6. The van der Waals surface area contributed by atoms with Gasteiger partial charge in [-0.25, -0.2) is 4.98 Å². The van der Waals surface area contributed by atoms with Gasteiger partial charge in [-0.15, -0.1) is 0 Å². The maximum absolute atomic E-state index is 12.6. The van der Waals surface area contributed by atoms with E-state index in [1.54, 1.807) is 48.4 Å². The van der Waals surface area contributed by atoms with Crippen LogP contribution in [0.15, 0.2) is 60.8 Å². The molecule has 1 aromatic heterocycles. The van der Waals surface area contributed by atoms with Crippen LogP contribution in [0.4, 0.5) is 0 Å². The number of likely N-dealkylation sites (tertiary alicyclic amines) is 1. The van der Waals surface area contributed by atoms with Gasteiger partial charge in [-0.3, -0.25) is 9.59 Å². The van der Waals surface area contributed by atoms with Crippen molar-refractivity contribution in [3.05, 3.63) is 77.5 Å². The summed E-state index contributed by atoms with van der Waals surface area (Å²) < 4.78 is 6.04. The van der Waals surface area contributed by atoms with Gasteiger partial charge in [0.15, 0.2) is 0 Å². The Morgan fingerprint density at radius 2 is 1.74 bits per heavy atom. The number of carbonyl (C=O) groups excluding carboxylic acids is 2. The van der Waals surface area contributed by atoms with Crippen LogP contribution in [-0.2, 0) is 11.2 Å². The smallest absolute Gasteiger partial charge is 0.254 e. The third-order valence-corrected chi connectivity index (χ3v) is 6.21. The fourth-order valence-electron chi connectivity index (χ4n) is 4.12. The van der Waals surface area contributed by atoms with Gasteiger partial charge in [-0.05, 0) is 41.8 Å². The van der Waals surface area contributed by atoms with Gasteiger partial charge in [0, 0.05) is 37.7 Å². The number of carbonyl (C=O) groups is 2. The molecule has 182 valence electrons. The van der Waals surface area contributed by atoms with Crippen molar-refractivity contribution in [2.45, 2.75) is 38.4 Å². The molecule has 4 N–H and O–H groups in total. The first-order chi connectivity index (χ1) is 16.8. The number of aliphatic hydroxyl groups is 1. The van der Waals surface area contributed by atoms with Crippen LogP contribution in [0.25, 0.3) is 11.1 Å². The fraction of sp³-hybridized carbons (Fsp3) is 0.296. The second-order valence-corrected chi connectivity index (χ2v) is 8.78. The second kappa shape index (κ2) is 10.6. The van der Waals surface area contributed by atoms with Crippen LogP contribution in [-0.4, -0.2) is 51.1 Å². The molecule has 0 saturated carbocycles. The van der Waals surface area contributed by atoms with E-state index in [0.29, 0.717) is 25.9 Å². The number of phenolic OH excluding ortho intramolecular Hbond substituents is 1. The molecule has 1 saturated heterocycles. The molecule has 2 heterocycles. The van der Waals surface area contributed by atoms with Gasteiger partial charge < -0.3 is 25.6 Å². The van der Waals surface area contributed by atoms with Crippen molar-refractivity contribution in [2.75, 3.05) is 13.1 Å². The molecule has 35 heavy (non-hydrogen) atoms. The van der Waals surface area contributed by atoms with Crippen molar-refractivity contribution in [3.63, 3.8) is 0 Å². The Kier molecular flexibility index (Phi) is 7.31. The molecule has 1 fully saturated rings. The monoisotopic (exact) mass is 475 g/mol. The summed E-state index contributed by atoms with van der Waals surface area (Å²) in [5.41, 5.74) is 9.03. The van der Waals surface area contributed by atoms with Crippen molar-refractivity contribution >= 4 is 11.8 Å². The van der Waals surface area contributed by atoms with Crippen molar-refractivity contribution in [1.29, 1.82) is 0 Å². The minimum atomic E-state index is -0.628. The molecular formula is C27H29N3O5. The predicted octanol–water partition coefficient (Wildman–Crippen LogP) is 3.22. The van der Waals surface area contributed by atoms with Gasteiger partial charge in [-0.2, -0.15) is 0 Å². The van der Waals surface area contributed by atoms with E-state index in [0.717, 1.165) is 22.3 Å². The lowest BCUT2D eigenvalue weighted by Gasteiger charge is -2.32. The number of piperidine rings is 1. The quantitative estimate of drug-likeness (QED) is 0.482. The highest BCUT2D eigenvalue weighted by atomic mass is 16.5. The van der Waals surface area contributed by atoms with Crippen LogP contribution in [0, 0.1) is 0 Å². The Labute approximate surface area is 204 Å². The third-order valence-electron chi connectivity index (χ3n) is 6.21. The van der Waals surface area contributed by atoms with E-state index in [2.05, 4.69) is 4.98 Å². The van der Waals surface area contributed by atoms with E-state index in [-0.39, 0.29) is 35.6 Å². The number of pyridine rings is 1. The number of aliphatic hydroxyl groups excluding tert-OH is 1. The van der Waals surface area contributed by atoms with E-state index in [4.69, 9.17) is 10.5 Å². The lowest BCUT2D eigenvalue weighted by atomic mass is 10.0. The van der Waals surface area contributed by atoms with Gasteiger partial charge in [0.2, 0.25) is 11.8 Å². The molecule has 8 heteroatoms. The highest BCUT2D eigenvalue weighted by Gasteiger charge is 2.26. The molecule has 4 rings (SSSR count). The number of hydrogen-bond acceptors (Lipinski definition) is 6. The zero-order chi connectivity index (χ0) is 24.9. The van der Waals surface area contributed by atoms with Crippen LogP contribution in [0.3, 0.4) is 0 Å². The largest absolute Gasteiger partial charge is 0.508 e. The minimum absolute atomic E-state index is 0.0241. The molecule has 0 radical (unpaired) electrons. The molecule has 1 aliphatic rings. The normalized spacial score (nSPS) is 15.0. The molecule has 8 nitrogen and oxygen atoms in total. The highest BCUT2D eigenvalue weighted by molar-refractivity contribution is 5.96. The standard InChI is InChI=1S/C27H29N3O5/c1-17(31)19-4-6-20(7-5-19)21-15-24(26(28)34)27(29-16-21)35-23-10-12-30(13-11-23)25(33)14-18-2-8-22(32)9-3-18/h2-9,15-17,23,31-32H,10-14H2,1H3,(H2,28,34)/t17-/m0/s1. The fourth-order valence-corrected chi connectivity index (χ4v) is 4.12. The first kappa shape index (κ1) is 24.2. The van der Waals surface area contributed by atoms with Crippen LogP contribution in [0.2, 0.25) is 0 Å². The number of nitrogens with zero attached hydrogens (tertiary/aromatic N) is 2. The Hall–Kier alpha value is -3.91. The Bertz CT molecular complexity index is 1180. The van der Waals surface area contributed by atoms with Gasteiger partial charge >= 0.3 is 0 Å². The predicted molar refractivity (Wildman–Crippen MR) is 131 cm³/mol. The number of primary amides is 1. The summed E-state index contributed by atoms with van der Waals surface area (Å²) in [5, 5.41) is 19.1. The molecular weight excluding hydrogens is 446 g/mol. The molecule has 0 spiro atoms. The topological polar surface area (TPSA) is 126 Å². The minimum Gasteiger partial charge on any atom is -0.508 e. The number of ether oxygens (including phenoxy) is 1. The summed E-state index contributed by atoms with van der Waals surface area (Å²) in [7, 11) is 0. The summed E-state index contributed by atoms with van der Waals surface area (Å²) in [5.74, 6) is -0.242. The molecule has 0 aliphatic carbocycles. The van der Waals surface area contributed by atoms with Crippen LogP contribution in [0.5, 0.6) is 11.6 Å². The lowest BCUT2D eigenvalue weighted by molar-refractivity contribution is -0.132. The number of benzene rings is 2. The summed E-state index contributed by atoms with van der Waals surface area (Å²) in [6.45, 7) is 2.78. The number of hydrogen-bond donors (Lipinski definition) is 3. The van der Waals surface area contributed by atoms with Crippen molar-refractivity contribution in [2.24, 2.45) is 5.73 Å². The molecule has 0 unspecified atom stereocenters. The average Bonchev–Trinajstić information content (AvgIpc) is 2.86. The van der Waals surface area contributed by atoms with Crippen molar-refractivity contribution < 1.29 is 24.5 Å². The van der Waals surface area contributed by atoms with E-state index < -0.39 is 12.0 Å². The number of nitrogens with two attached hydrogens (primary N) is 1. The van der Waals surface area contributed by atoms with Crippen molar-refractivity contribution in [3.8, 4) is 22.8 Å². The Morgan fingerprint density at radius 3 is 2.34 bits per heavy atom. The molecule has 1 aliphatic heterocycles. The maximum Gasteiger partial charge on any atom is 0.254 e. The number of aromatic nitrogens is 1. The van der Waals surface area contributed by atoms with Gasteiger partial charge in [-0.1, -0.05) is 36.4 Å². The van der Waals surface area contributed by atoms with Crippen LogP contribution < -0.4 is 10.5 Å². The molecule has 2 aromatic carbocycles. The number of aromatic hydroxyl groups is 1. The maximum atomic E-state index is 12.6. The molecule has 1 atom stereocenters. The summed E-state index contributed by atoms with van der Waals surface area (Å²) >= 11 is 0. The zero-order valence-corrected chi connectivity index (χ0v) is 19.6. The van der Waals surface area contributed by atoms with Gasteiger partial charge in [0.25, 0.3) is 5.91 Å². The van der Waals surface area contributed by atoms with Gasteiger partial charge in [0.05, 0.1) is 12.5 Å². The zero-order valence-electron chi connectivity index (χ0n) is 19.6. The third kappa shape index (κ3) is 5.96. The van der Waals surface area contributed by atoms with E-state index in [1.807, 2.05) is 24.3 Å². The van der Waals surface area contributed by atoms with Crippen LogP contribution >= 0.6 is 0 Å².